The molecule has 0 aliphatic rings. The Labute approximate surface area is 186 Å². The summed E-state index contributed by atoms with van der Waals surface area (Å²) in [6.07, 6.45) is 1.45. The van der Waals surface area contributed by atoms with Crippen molar-refractivity contribution in [2.75, 3.05) is 10.0 Å². The molecule has 0 spiro atoms. The number of hydrogen-bond donors (Lipinski definition) is 2. The molecule has 0 saturated heterocycles. The molecular weight excluding hydrogens is 462 g/mol. The van der Waals surface area contributed by atoms with Crippen LogP contribution in [0.5, 0.6) is 0 Å². The van der Waals surface area contributed by atoms with Gasteiger partial charge < -0.3 is 5.32 Å². The number of aryl methyl sites for hydroxylation is 2. The van der Waals surface area contributed by atoms with Crippen LogP contribution in [-0.2, 0) is 10.0 Å². The van der Waals surface area contributed by atoms with E-state index in [0.717, 1.165) is 21.3 Å². The first-order valence-corrected chi connectivity index (χ1v) is 12.3. The van der Waals surface area contributed by atoms with E-state index in [1.165, 1.54) is 41.8 Å². The Hall–Kier alpha value is -2.53. The molecule has 2 N–H and O–H groups in total. The smallest absolute Gasteiger partial charge is 0.261 e. The molecule has 4 rings (SSSR count). The number of benzene rings is 1. The van der Waals surface area contributed by atoms with Crippen molar-refractivity contribution in [3.8, 4) is 10.6 Å². The fourth-order valence-electron chi connectivity index (χ4n) is 2.67. The van der Waals surface area contributed by atoms with Crippen LogP contribution in [0.2, 0.25) is 5.02 Å². The zero-order chi connectivity index (χ0) is 21.3. The number of halogens is 1. The van der Waals surface area contributed by atoms with Gasteiger partial charge in [0.15, 0.2) is 5.13 Å². The van der Waals surface area contributed by atoms with E-state index in [-0.39, 0.29) is 4.90 Å². The summed E-state index contributed by atoms with van der Waals surface area (Å²) >= 11 is 8.89. The second kappa shape index (κ2) is 8.31. The summed E-state index contributed by atoms with van der Waals surface area (Å²) in [5.41, 5.74) is 2.19. The molecule has 0 unspecified atom stereocenters. The Morgan fingerprint density at radius 2 is 1.80 bits per heavy atom. The van der Waals surface area contributed by atoms with E-state index in [2.05, 4.69) is 25.0 Å². The van der Waals surface area contributed by atoms with Gasteiger partial charge in [0.2, 0.25) is 0 Å². The maximum atomic E-state index is 12.4. The summed E-state index contributed by atoms with van der Waals surface area (Å²) in [5, 5.41) is 7.27. The first-order chi connectivity index (χ1) is 14.3. The van der Waals surface area contributed by atoms with Crippen LogP contribution in [0.25, 0.3) is 10.6 Å². The molecule has 3 heterocycles. The highest BCUT2D eigenvalue weighted by Gasteiger charge is 2.15. The SMILES string of the molecule is Cc1nc(C)c(-c2csc(Nc3ccc(NS(=O)(=O)c4ccc(Cl)cc4)cn3)n2)s1. The minimum absolute atomic E-state index is 0.123. The Morgan fingerprint density at radius 3 is 2.43 bits per heavy atom. The maximum Gasteiger partial charge on any atom is 0.261 e. The van der Waals surface area contributed by atoms with Crippen molar-refractivity contribution in [2.24, 2.45) is 0 Å². The van der Waals surface area contributed by atoms with Gasteiger partial charge in [-0.1, -0.05) is 11.6 Å². The number of rotatable bonds is 6. The van der Waals surface area contributed by atoms with E-state index in [0.29, 0.717) is 21.7 Å². The number of sulfonamides is 1. The van der Waals surface area contributed by atoms with Crippen LogP contribution in [0.15, 0.2) is 52.9 Å². The van der Waals surface area contributed by atoms with Crippen molar-refractivity contribution in [1.82, 2.24) is 15.0 Å². The third kappa shape index (κ3) is 4.62. The zero-order valence-corrected chi connectivity index (χ0v) is 19.1. The van der Waals surface area contributed by atoms with Gasteiger partial charge in [-0.2, -0.15) is 0 Å². The number of thiazole rings is 2. The molecule has 30 heavy (non-hydrogen) atoms. The maximum absolute atomic E-state index is 12.4. The third-order valence-corrected chi connectivity index (χ3v) is 7.52. The van der Waals surface area contributed by atoms with Crippen LogP contribution in [0.1, 0.15) is 10.7 Å². The highest BCUT2D eigenvalue weighted by molar-refractivity contribution is 7.92. The number of nitrogens with zero attached hydrogens (tertiary/aromatic N) is 3. The summed E-state index contributed by atoms with van der Waals surface area (Å²) in [7, 11) is -3.72. The molecule has 154 valence electrons. The average molecular weight is 478 g/mol. The molecular formula is C19H16ClN5O2S3. The van der Waals surface area contributed by atoms with Crippen molar-refractivity contribution < 1.29 is 8.42 Å². The van der Waals surface area contributed by atoms with E-state index in [1.807, 2.05) is 19.2 Å². The van der Waals surface area contributed by atoms with Gasteiger partial charge in [0.25, 0.3) is 10.0 Å². The average Bonchev–Trinajstić information content (AvgIpc) is 3.29. The summed E-state index contributed by atoms with van der Waals surface area (Å²) in [5.74, 6) is 0.558. The molecule has 0 fully saturated rings. The highest BCUT2D eigenvalue weighted by atomic mass is 35.5. The Bertz CT molecular complexity index is 1280. The van der Waals surface area contributed by atoms with Crippen LogP contribution in [0.4, 0.5) is 16.6 Å². The summed E-state index contributed by atoms with van der Waals surface area (Å²) in [4.78, 5) is 14.5. The Kier molecular flexibility index (Phi) is 5.74. The van der Waals surface area contributed by atoms with Crippen molar-refractivity contribution in [1.29, 1.82) is 0 Å². The molecule has 0 aliphatic heterocycles. The first kappa shape index (κ1) is 20.7. The van der Waals surface area contributed by atoms with Crippen LogP contribution in [0, 0.1) is 13.8 Å². The van der Waals surface area contributed by atoms with Crippen molar-refractivity contribution >= 4 is 60.9 Å². The molecule has 0 bridgehead atoms. The predicted octanol–water partition coefficient (Wildman–Crippen LogP) is 5.48. The number of nitrogens with one attached hydrogen (secondary N) is 2. The van der Waals surface area contributed by atoms with Gasteiger partial charge in [0, 0.05) is 10.4 Å². The number of pyridine rings is 1. The van der Waals surface area contributed by atoms with Crippen LogP contribution in [0.3, 0.4) is 0 Å². The third-order valence-electron chi connectivity index (χ3n) is 4.01. The van der Waals surface area contributed by atoms with E-state index in [9.17, 15) is 8.42 Å². The minimum Gasteiger partial charge on any atom is -0.316 e. The predicted molar refractivity (Wildman–Crippen MR) is 122 cm³/mol. The van der Waals surface area contributed by atoms with Gasteiger partial charge >= 0.3 is 0 Å². The minimum atomic E-state index is -3.72. The molecule has 11 heteroatoms. The molecule has 3 aromatic heterocycles. The largest absolute Gasteiger partial charge is 0.316 e. The highest BCUT2D eigenvalue weighted by Crippen LogP contribution is 2.32. The van der Waals surface area contributed by atoms with Gasteiger partial charge in [0.05, 0.1) is 38.1 Å². The number of aromatic nitrogens is 3. The van der Waals surface area contributed by atoms with E-state index in [1.54, 1.807) is 23.5 Å². The summed E-state index contributed by atoms with van der Waals surface area (Å²) in [6.45, 7) is 3.94. The summed E-state index contributed by atoms with van der Waals surface area (Å²) < 4.78 is 27.4. The first-order valence-electron chi connectivity index (χ1n) is 8.71. The number of hydrogen-bond acceptors (Lipinski definition) is 8. The fourth-order valence-corrected chi connectivity index (χ4v) is 5.50. The van der Waals surface area contributed by atoms with Gasteiger partial charge in [0.1, 0.15) is 5.82 Å². The topological polar surface area (TPSA) is 96.9 Å². The molecule has 0 saturated carbocycles. The normalized spacial score (nSPS) is 11.4. The van der Waals surface area contributed by atoms with Gasteiger partial charge in [-0.15, -0.1) is 22.7 Å². The lowest BCUT2D eigenvalue weighted by Crippen LogP contribution is -2.13. The molecule has 4 aromatic rings. The van der Waals surface area contributed by atoms with Crippen molar-refractivity contribution in [3.05, 3.63) is 63.7 Å². The molecule has 0 radical (unpaired) electrons. The second-order valence-electron chi connectivity index (χ2n) is 6.30. The monoisotopic (exact) mass is 477 g/mol. The molecule has 7 nitrogen and oxygen atoms in total. The summed E-state index contributed by atoms with van der Waals surface area (Å²) in [6, 6.07) is 9.26. The van der Waals surface area contributed by atoms with E-state index < -0.39 is 10.0 Å². The molecule has 0 amide bonds. The van der Waals surface area contributed by atoms with E-state index in [4.69, 9.17) is 11.6 Å². The Balaban J connectivity index is 1.45. The molecule has 0 aliphatic carbocycles. The second-order valence-corrected chi connectivity index (χ2v) is 10.5. The molecule has 0 atom stereocenters. The van der Waals surface area contributed by atoms with Crippen LogP contribution < -0.4 is 10.0 Å². The molecule has 1 aromatic carbocycles. The van der Waals surface area contributed by atoms with Crippen LogP contribution in [-0.4, -0.2) is 23.4 Å². The van der Waals surface area contributed by atoms with Gasteiger partial charge in [-0.3, -0.25) is 4.72 Å². The lowest BCUT2D eigenvalue weighted by atomic mass is 10.3. The fraction of sp³-hybridized carbons (Fsp3) is 0.105. The van der Waals surface area contributed by atoms with Crippen LogP contribution >= 0.6 is 34.3 Å². The Morgan fingerprint density at radius 1 is 1.03 bits per heavy atom. The standard InChI is InChI=1S/C19H16ClN5O2S3/c1-11-18(29-12(2)22-11)16-10-28-19(23-16)24-17-8-5-14(9-21-17)25-30(26,27)15-6-3-13(20)4-7-15/h3-10,25H,1-2H3,(H,21,23,24). The van der Waals surface area contributed by atoms with Crippen molar-refractivity contribution in [2.45, 2.75) is 18.7 Å². The van der Waals surface area contributed by atoms with Crippen molar-refractivity contribution in [3.63, 3.8) is 0 Å². The van der Waals surface area contributed by atoms with Gasteiger partial charge in [-0.25, -0.2) is 23.4 Å². The number of anilines is 3. The quantitative estimate of drug-likeness (QED) is 0.382. The van der Waals surface area contributed by atoms with E-state index >= 15 is 0 Å². The lowest BCUT2D eigenvalue weighted by molar-refractivity contribution is 0.601. The van der Waals surface area contributed by atoms with Gasteiger partial charge in [-0.05, 0) is 50.2 Å². The zero-order valence-electron chi connectivity index (χ0n) is 15.9. The lowest BCUT2D eigenvalue weighted by Gasteiger charge is -2.08.